The lowest BCUT2D eigenvalue weighted by molar-refractivity contribution is 0.824. The Morgan fingerprint density at radius 3 is 2.32 bits per heavy atom. The van der Waals surface area contributed by atoms with E-state index >= 15 is 0 Å². The first kappa shape index (κ1) is 13.4. The molecule has 1 aliphatic rings. The van der Waals surface area contributed by atoms with Crippen LogP contribution in [-0.4, -0.2) is 0 Å². The fourth-order valence-electron chi connectivity index (χ4n) is 3.06. The molecule has 4 rings (SSSR count). The summed E-state index contributed by atoms with van der Waals surface area (Å²) in [5, 5.41) is 4.35. The molecule has 2 heteroatoms. The third kappa shape index (κ3) is 2.49. The topological polar surface area (TPSA) is 12.0 Å². The molecule has 1 unspecified atom stereocenters. The van der Waals surface area contributed by atoms with Gasteiger partial charge in [-0.25, -0.2) is 0 Å². The van der Waals surface area contributed by atoms with Gasteiger partial charge in [0.2, 0.25) is 0 Å². The SMILES string of the molecule is Clc1ccc2c(c1)NC(c1ccc(-c3ccccc3)cc1)C2. The molecule has 22 heavy (non-hydrogen) atoms. The molecule has 0 amide bonds. The van der Waals surface area contributed by atoms with Crippen LogP contribution in [0, 0.1) is 0 Å². The van der Waals surface area contributed by atoms with Gasteiger partial charge < -0.3 is 5.32 Å². The number of hydrogen-bond acceptors (Lipinski definition) is 1. The Labute approximate surface area is 135 Å². The molecule has 0 aliphatic carbocycles. The van der Waals surface area contributed by atoms with Crippen molar-refractivity contribution in [1.82, 2.24) is 0 Å². The maximum atomic E-state index is 6.07. The van der Waals surface area contributed by atoms with E-state index in [0.717, 1.165) is 17.1 Å². The molecular weight excluding hydrogens is 290 g/mol. The largest absolute Gasteiger partial charge is 0.378 e. The van der Waals surface area contributed by atoms with Gasteiger partial charge in [0.1, 0.15) is 0 Å². The van der Waals surface area contributed by atoms with Crippen LogP contribution in [-0.2, 0) is 6.42 Å². The standard InChI is InChI=1S/C20H16ClN/c21-18-11-10-17-12-19(22-20(17)13-18)16-8-6-15(7-9-16)14-4-2-1-3-5-14/h1-11,13,19,22H,12H2. The number of benzene rings is 3. The van der Waals surface area contributed by atoms with E-state index < -0.39 is 0 Å². The maximum absolute atomic E-state index is 6.07. The first-order chi connectivity index (χ1) is 10.8. The molecule has 0 radical (unpaired) electrons. The van der Waals surface area contributed by atoms with Gasteiger partial charge in [-0.1, -0.05) is 72.3 Å². The fourth-order valence-corrected chi connectivity index (χ4v) is 3.23. The predicted octanol–water partition coefficient (Wildman–Crippen LogP) is 5.72. The van der Waals surface area contributed by atoms with Gasteiger partial charge in [-0.15, -0.1) is 0 Å². The second-order valence-corrected chi connectivity index (χ2v) is 6.13. The van der Waals surface area contributed by atoms with Gasteiger partial charge in [-0.2, -0.15) is 0 Å². The van der Waals surface area contributed by atoms with Crippen molar-refractivity contribution in [3.8, 4) is 11.1 Å². The van der Waals surface area contributed by atoms with E-state index in [1.54, 1.807) is 0 Å². The molecular formula is C20H16ClN. The summed E-state index contributed by atoms with van der Waals surface area (Å²) < 4.78 is 0. The molecule has 0 aromatic heterocycles. The van der Waals surface area contributed by atoms with Crippen LogP contribution >= 0.6 is 11.6 Å². The highest BCUT2D eigenvalue weighted by Gasteiger charge is 2.21. The highest BCUT2D eigenvalue weighted by molar-refractivity contribution is 6.30. The van der Waals surface area contributed by atoms with Gasteiger partial charge in [0.15, 0.2) is 0 Å². The number of nitrogens with one attached hydrogen (secondary N) is 1. The third-order valence-electron chi connectivity index (χ3n) is 4.25. The summed E-state index contributed by atoms with van der Waals surface area (Å²) in [5.41, 5.74) is 6.31. The Hall–Kier alpha value is -2.25. The highest BCUT2D eigenvalue weighted by atomic mass is 35.5. The molecule has 1 aliphatic heterocycles. The molecule has 1 N–H and O–H groups in total. The van der Waals surface area contributed by atoms with Crippen molar-refractivity contribution >= 4 is 17.3 Å². The van der Waals surface area contributed by atoms with E-state index in [1.807, 2.05) is 18.2 Å². The lowest BCUT2D eigenvalue weighted by Crippen LogP contribution is -2.05. The summed E-state index contributed by atoms with van der Waals surface area (Å²) in [5.74, 6) is 0. The molecule has 0 saturated heterocycles. The average molecular weight is 306 g/mol. The maximum Gasteiger partial charge on any atom is 0.0555 e. The van der Waals surface area contributed by atoms with Crippen molar-refractivity contribution in [3.05, 3.63) is 88.9 Å². The van der Waals surface area contributed by atoms with Crippen LogP contribution in [0.5, 0.6) is 0 Å². The number of hydrogen-bond donors (Lipinski definition) is 1. The third-order valence-corrected chi connectivity index (χ3v) is 4.48. The van der Waals surface area contributed by atoms with E-state index in [-0.39, 0.29) is 0 Å². The Kier molecular flexibility index (Phi) is 3.36. The summed E-state index contributed by atoms with van der Waals surface area (Å²) in [6.07, 6.45) is 1.01. The quantitative estimate of drug-likeness (QED) is 0.639. The molecule has 0 bridgehead atoms. The number of anilines is 1. The lowest BCUT2D eigenvalue weighted by atomic mass is 9.99. The average Bonchev–Trinajstić information content (AvgIpc) is 2.99. The summed E-state index contributed by atoms with van der Waals surface area (Å²) in [6, 6.07) is 25.7. The van der Waals surface area contributed by atoms with Crippen molar-refractivity contribution in [2.24, 2.45) is 0 Å². The molecule has 108 valence electrons. The Morgan fingerprint density at radius 2 is 1.55 bits per heavy atom. The van der Waals surface area contributed by atoms with Crippen LogP contribution in [0.1, 0.15) is 17.2 Å². The minimum Gasteiger partial charge on any atom is -0.378 e. The van der Waals surface area contributed by atoms with Gasteiger partial charge in [0.25, 0.3) is 0 Å². The molecule has 0 fully saturated rings. The van der Waals surface area contributed by atoms with Gasteiger partial charge in [-0.3, -0.25) is 0 Å². The predicted molar refractivity (Wildman–Crippen MR) is 93.4 cm³/mol. The number of halogens is 1. The van der Waals surface area contributed by atoms with Crippen LogP contribution < -0.4 is 5.32 Å². The fraction of sp³-hybridized carbons (Fsp3) is 0.100. The zero-order valence-electron chi connectivity index (χ0n) is 12.1. The van der Waals surface area contributed by atoms with Crippen molar-refractivity contribution in [2.45, 2.75) is 12.5 Å². The van der Waals surface area contributed by atoms with Crippen molar-refractivity contribution in [1.29, 1.82) is 0 Å². The molecule has 0 saturated carbocycles. The Morgan fingerprint density at radius 1 is 0.818 bits per heavy atom. The van der Waals surface area contributed by atoms with Gasteiger partial charge >= 0.3 is 0 Å². The molecule has 3 aromatic rings. The van der Waals surface area contributed by atoms with Gasteiger partial charge in [0.05, 0.1) is 6.04 Å². The summed E-state index contributed by atoms with van der Waals surface area (Å²) in [7, 11) is 0. The molecule has 1 atom stereocenters. The van der Waals surface area contributed by atoms with Crippen LogP contribution in [0.15, 0.2) is 72.8 Å². The zero-order chi connectivity index (χ0) is 14.9. The summed E-state index contributed by atoms with van der Waals surface area (Å²) in [4.78, 5) is 0. The minimum atomic E-state index is 0.332. The van der Waals surface area contributed by atoms with E-state index in [0.29, 0.717) is 6.04 Å². The molecule has 1 nitrogen and oxygen atoms in total. The Balaban J connectivity index is 1.58. The Bertz CT molecular complexity index is 794. The van der Waals surface area contributed by atoms with Crippen LogP contribution in [0.2, 0.25) is 5.02 Å². The zero-order valence-corrected chi connectivity index (χ0v) is 12.8. The first-order valence-corrected chi connectivity index (χ1v) is 7.88. The second kappa shape index (κ2) is 5.51. The highest BCUT2D eigenvalue weighted by Crippen LogP contribution is 2.36. The van der Waals surface area contributed by atoms with Gasteiger partial charge in [-0.05, 0) is 40.8 Å². The van der Waals surface area contributed by atoms with Crippen LogP contribution in [0.25, 0.3) is 11.1 Å². The van der Waals surface area contributed by atoms with Crippen LogP contribution in [0.3, 0.4) is 0 Å². The molecule has 3 aromatic carbocycles. The van der Waals surface area contributed by atoms with E-state index in [2.05, 4.69) is 59.9 Å². The van der Waals surface area contributed by atoms with E-state index in [1.165, 1.54) is 22.3 Å². The minimum absolute atomic E-state index is 0.332. The van der Waals surface area contributed by atoms with E-state index in [9.17, 15) is 0 Å². The molecule has 0 spiro atoms. The first-order valence-electron chi connectivity index (χ1n) is 7.50. The normalized spacial score (nSPS) is 16.1. The van der Waals surface area contributed by atoms with Crippen molar-refractivity contribution in [2.75, 3.05) is 5.32 Å². The monoisotopic (exact) mass is 305 g/mol. The van der Waals surface area contributed by atoms with Crippen molar-refractivity contribution < 1.29 is 0 Å². The second-order valence-electron chi connectivity index (χ2n) is 5.69. The summed E-state index contributed by atoms with van der Waals surface area (Å²) in [6.45, 7) is 0. The van der Waals surface area contributed by atoms with Crippen molar-refractivity contribution in [3.63, 3.8) is 0 Å². The van der Waals surface area contributed by atoms with Crippen LogP contribution in [0.4, 0.5) is 5.69 Å². The lowest BCUT2D eigenvalue weighted by Gasteiger charge is -2.12. The summed E-state index contributed by atoms with van der Waals surface area (Å²) >= 11 is 6.07. The van der Waals surface area contributed by atoms with Gasteiger partial charge in [0, 0.05) is 10.7 Å². The number of fused-ring (bicyclic) bond motifs is 1. The molecule has 1 heterocycles. The van der Waals surface area contributed by atoms with E-state index in [4.69, 9.17) is 11.6 Å². The smallest absolute Gasteiger partial charge is 0.0555 e. The number of rotatable bonds is 2.